The van der Waals surface area contributed by atoms with Crippen molar-refractivity contribution in [2.75, 3.05) is 19.6 Å². The van der Waals surface area contributed by atoms with Crippen molar-refractivity contribution in [1.82, 2.24) is 15.5 Å². The summed E-state index contributed by atoms with van der Waals surface area (Å²) in [6.07, 6.45) is 9.51. The van der Waals surface area contributed by atoms with Crippen molar-refractivity contribution >= 4 is 5.84 Å². The average molecular weight is 526 g/mol. The average Bonchev–Trinajstić information content (AvgIpc) is 2.89. The Morgan fingerprint density at radius 2 is 2.08 bits per heavy atom. The third-order valence-corrected chi connectivity index (χ3v) is 5.89. The van der Waals surface area contributed by atoms with Gasteiger partial charge in [-0.1, -0.05) is 33.4 Å². The van der Waals surface area contributed by atoms with Gasteiger partial charge in [-0.05, 0) is 62.0 Å². The summed E-state index contributed by atoms with van der Waals surface area (Å²) in [7, 11) is 0. The zero-order valence-corrected chi connectivity index (χ0v) is 22.9. The lowest BCUT2D eigenvalue weighted by Crippen LogP contribution is -2.34. The lowest BCUT2D eigenvalue weighted by Gasteiger charge is -2.30. The molecular weight excluding hydrogens is 487 g/mol. The number of rotatable bonds is 10. The third kappa shape index (κ3) is 8.98. The van der Waals surface area contributed by atoms with Gasteiger partial charge in [-0.25, -0.2) is 18.2 Å². The number of nitrogens with zero attached hydrogens (tertiary/aromatic N) is 3. The molecule has 0 amide bonds. The maximum Gasteiger partial charge on any atom is 0.264 e. The summed E-state index contributed by atoms with van der Waals surface area (Å²) >= 11 is 0. The summed E-state index contributed by atoms with van der Waals surface area (Å²) in [5, 5.41) is 15.1. The van der Waals surface area contributed by atoms with Crippen molar-refractivity contribution in [1.29, 1.82) is 5.26 Å². The Balaban J connectivity index is 2.58. The molecule has 8 heteroatoms. The first-order valence-corrected chi connectivity index (χ1v) is 12.8. The molecule has 0 saturated heterocycles. The van der Waals surface area contributed by atoms with E-state index in [4.69, 9.17) is 5.26 Å². The van der Waals surface area contributed by atoms with E-state index in [0.29, 0.717) is 66.6 Å². The molecule has 0 aromatic heterocycles. The van der Waals surface area contributed by atoms with Gasteiger partial charge >= 0.3 is 0 Å². The van der Waals surface area contributed by atoms with E-state index in [1.165, 1.54) is 24.6 Å². The molecule has 2 rings (SSSR count). The van der Waals surface area contributed by atoms with Crippen LogP contribution in [0.2, 0.25) is 0 Å². The zero-order valence-electron chi connectivity index (χ0n) is 22.9. The van der Waals surface area contributed by atoms with Gasteiger partial charge < -0.3 is 15.5 Å². The van der Waals surface area contributed by atoms with Crippen LogP contribution in [0.3, 0.4) is 0 Å². The van der Waals surface area contributed by atoms with Crippen LogP contribution in [-0.4, -0.2) is 36.8 Å². The van der Waals surface area contributed by atoms with Gasteiger partial charge in [0, 0.05) is 66.2 Å². The van der Waals surface area contributed by atoms with Gasteiger partial charge in [0.1, 0.15) is 11.7 Å². The van der Waals surface area contributed by atoms with Gasteiger partial charge in [-0.15, -0.1) is 0 Å². The standard InChI is InChI=1S/C30H38F3N5/c1-7-9-29(31)26(24-10-8-11-38(19-24)23(6)37-16-21(4)14-34)13-25(17-35-15-20(2)3)28-18-36-22(5)12-27(28)30(32)33/h9-10,12-13,16-18,20,30,35-36H,5,7-8,11,15,19H2,1-4,6H3/b21-16+,25-17-,26-13-,29-9+,37-23?. The SMILES string of the molecule is C=C1C=C(C(F)F)C(C(=C\NCC(C)C)/C=C(C2=CCCN(C(C)=N/C=C(\C)C#N)C2)\C(F)=C/CC)=CN1. The van der Waals surface area contributed by atoms with Gasteiger partial charge in [-0.2, -0.15) is 5.26 Å². The molecule has 5 nitrogen and oxygen atoms in total. The highest BCUT2D eigenvalue weighted by molar-refractivity contribution is 5.81. The van der Waals surface area contributed by atoms with Gasteiger partial charge in [0.25, 0.3) is 6.43 Å². The summed E-state index contributed by atoms with van der Waals surface area (Å²) < 4.78 is 43.6. The molecule has 204 valence electrons. The van der Waals surface area contributed by atoms with Crippen molar-refractivity contribution in [3.8, 4) is 6.07 Å². The largest absolute Gasteiger partial charge is 0.390 e. The van der Waals surface area contributed by atoms with Crippen molar-refractivity contribution < 1.29 is 13.2 Å². The molecule has 0 radical (unpaired) electrons. The number of aliphatic imine (C=N–C) groups is 1. The second kappa shape index (κ2) is 14.9. The third-order valence-electron chi connectivity index (χ3n) is 5.89. The number of nitriles is 1. The first-order chi connectivity index (χ1) is 18.1. The summed E-state index contributed by atoms with van der Waals surface area (Å²) in [5.74, 6) is 0.618. The maximum atomic E-state index is 15.6. The minimum absolute atomic E-state index is 0.177. The Labute approximate surface area is 224 Å². The first kappa shape index (κ1) is 30.5. The number of allylic oxidation sites excluding steroid dienone is 8. The van der Waals surface area contributed by atoms with E-state index in [1.807, 2.05) is 44.7 Å². The van der Waals surface area contributed by atoms with E-state index in [1.54, 1.807) is 19.2 Å². The van der Waals surface area contributed by atoms with Gasteiger partial charge in [0.2, 0.25) is 0 Å². The molecule has 2 aliphatic rings. The highest BCUT2D eigenvalue weighted by Crippen LogP contribution is 2.33. The molecule has 0 unspecified atom stereocenters. The van der Waals surface area contributed by atoms with Crippen molar-refractivity contribution in [2.24, 2.45) is 10.9 Å². The van der Waals surface area contributed by atoms with Crippen LogP contribution in [-0.2, 0) is 0 Å². The second-order valence-corrected chi connectivity index (χ2v) is 9.59. The molecule has 0 bridgehead atoms. The Kier molecular flexibility index (Phi) is 11.9. The van der Waals surface area contributed by atoms with Gasteiger partial charge in [0.05, 0.1) is 6.07 Å². The Morgan fingerprint density at radius 1 is 1.34 bits per heavy atom. The van der Waals surface area contributed by atoms with E-state index in [0.717, 1.165) is 5.57 Å². The number of alkyl halides is 2. The molecule has 0 spiro atoms. The predicted octanol–water partition coefficient (Wildman–Crippen LogP) is 6.98. The van der Waals surface area contributed by atoms with Crippen molar-refractivity contribution in [3.63, 3.8) is 0 Å². The van der Waals surface area contributed by atoms with Crippen LogP contribution < -0.4 is 10.6 Å². The smallest absolute Gasteiger partial charge is 0.264 e. The highest BCUT2D eigenvalue weighted by Gasteiger charge is 2.24. The van der Waals surface area contributed by atoms with Gasteiger partial charge in [0.15, 0.2) is 0 Å². The fraction of sp³-hybridized carbons (Fsp3) is 0.400. The molecule has 0 aliphatic carbocycles. The van der Waals surface area contributed by atoms with Crippen LogP contribution in [0.1, 0.15) is 47.5 Å². The fourth-order valence-electron chi connectivity index (χ4n) is 3.86. The van der Waals surface area contributed by atoms with E-state index in [2.05, 4.69) is 22.2 Å². The second-order valence-electron chi connectivity index (χ2n) is 9.59. The summed E-state index contributed by atoms with van der Waals surface area (Å²) in [6, 6.07) is 2.04. The van der Waals surface area contributed by atoms with Crippen LogP contribution in [0, 0.1) is 17.2 Å². The normalized spacial score (nSPS) is 18.2. The molecule has 2 heterocycles. The lowest BCUT2D eigenvalue weighted by molar-refractivity contribution is 0.192. The minimum atomic E-state index is -2.73. The fourth-order valence-corrected chi connectivity index (χ4v) is 3.86. The zero-order chi connectivity index (χ0) is 28.2. The number of hydrogen-bond acceptors (Lipinski definition) is 4. The summed E-state index contributed by atoms with van der Waals surface area (Å²) in [5.41, 5.74) is 2.45. The van der Waals surface area contributed by atoms with Crippen LogP contribution in [0.15, 0.2) is 99.4 Å². The van der Waals surface area contributed by atoms with Gasteiger partial charge in [-0.3, -0.25) is 0 Å². The topological polar surface area (TPSA) is 63.5 Å². The van der Waals surface area contributed by atoms with Crippen LogP contribution >= 0.6 is 0 Å². The quantitative estimate of drug-likeness (QED) is 0.140. The van der Waals surface area contributed by atoms with Crippen LogP contribution in [0.25, 0.3) is 0 Å². The number of hydrogen-bond donors (Lipinski definition) is 2. The number of amidine groups is 1. The molecule has 0 fully saturated rings. The molecule has 0 aromatic rings. The molecule has 38 heavy (non-hydrogen) atoms. The van der Waals surface area contributed by atoms with E-state index in [-0.39, 0.29) is 11.1 Å². The van der Waals surface area contributed by atoms with E-state index >= 15 is 4.39 Å². The summed E-state index contributed by atoms with van der Waals surface area (Å²) in [4.78, 5) is 6.40. The molecule has 2 N–H and O–H groups in total. The monoisotopic (exact) mass is 525 g/mol. The Bertz CT molecular complexity index is 1170. The molecule has 0 atom stereocenters. The molecule has 2 aliphatic heterocycles. The van der Waals surface area contributed by atoms with Crippen molar-refractivity contribution in [3.05, 3.63) is 94.4 Å². The molecular formula is C30H38F3N5. The van der Waals surface area contributed by atoms with E-state index in [9.17, 15) is 8.78 Å². The Hall–Kier alpha value is -3.73. The molecule has 0 saturated carbocycles. The van der Waals surface area contributed by atoms with Crippen LogP contribution in [0.4, 0.5) is 13.2 Å². The maximum absolute atomic E-state index is 15.6. The van der Waals surface area contributed by atoms with Crippen molar-refractivity contribution in [2.45, 2.75) is 53.9 Å². The number of dihydropyridines is 1. The first-order valence-electron chi connectivity index (χ1n) is 12.8. The number of halogens is 3. The Morgan fingerprint density at radius 3 is 2.71 bits per heavy atom. The lowest BCUT2D eigenvalue weighted by atomic mass is 9.91. The number of nitrogens with one attached hydrogen (secondary N) is 2. The molecule has 0 aromatic carbocycles. The minimum Gasteiger partial charge on any atom is -0.390 e. The summed E-state index contributed by atoms with van der Waals surface area (Å²) in [6.45, 7) is 14.9. The van der Waals surface area contributed by atoms with Crippen LogP contribution in [0.5, 0.6) is 0 Å². The highest BCUT2D eigenvalue weighted by atomic mass is 19.3. The predicted molar refractivity (Wildman–Crippen MR) is 150 cm³/mol. The van der Waals surface area contributed by atoms with E-state index < -0.39 is 12.3 Å².